The van der Waals surface area contributed by atoms with Gasteiger partial charge in [-0.2, -0.15) is 4.98 Å². The zero-order chi connectivity index (χ0) is 9.14. The predicted molar refractivity (Wildman–Crippen MR) is 45.8 cm³/mol. The van der Waals surface area contributed by atoms with E-state index < -0.39 is 0 Å². The molecule has 1 aromatic rings. The van der Waals surface area contributed by atoms with Gasteiger partial charge in [0.2, 0.25) is 5.95 Å². The van der Waals surface area contributed by atoms with Crippen molar-refractivity contribution in [1.29, 1.82) is 0 Å². The summed E-state index contributed by atoms with van der Waals surface area (Å²) in [5, 5.41) is 4.03. The minimum Gasteiger partial charge on any atom is -0.466 e. The molecule has 0 aliphatic rings. The number of methoxy groups -OCH3 is 1. The molecule has 0 radical (unpaired) electrons. The Labute approximate surface area is 71.5 Å². The standard InChI is InChI=1S/C7H14N4O/c1-5(2)4-11-6(8)9-7(10-11)12-3/h5H,4H2,1-3H3,(H2,8,9,10). The number of hydrogen-bond donors (Lipinski definition) is 1. The molecule has 5 nitrogen and oxygen atoms in total. The smallest absolute Gasteiger partial charge is 0.337 e. The third kappa shape index (κ3) is 1.87. The van der Waals surface area contributed by atoms with Crippen LogP contribution in [0.15, 0.2) is 0 Å². The first-order valence-corrected chi connectivity index (χ1v) is 3.87. The monoisotopic (exact) mass is 170 g/mol. The molecule has 0 aliphatic carbocycles. The number of aromatic nitrogens is 3. The number of nitrogen functional groups attached to an aromatic ring is 1. The predicted octanol–water partition coefficient (Wildman–Crippen LogP) is 0.525. The summed E-state index contributed by atoms with van der Waals surface area (Å²) in [5.41, 5.74) is 5.57. The van der Waals surface area contributed by atoms with Gasteiger partial charge in [0.05, 0.1) is 7.11 Å². The summed E-state index contributed by atoms with van der Waals surface area (Å²) in [5.74, 6) is 0.902. The maximum Gasteiger partial charge on any atom is 0.337 e. The summed E-state index contributed by atoms with van der Waals surface area (Å²) >= 11 is 0. The molecule has 1 rings (SSSR count). The lowest BCUT2D eigenvalue weighted by atomic mass is 10.2. The summed E-state index contributed by atoms with van der Waals surface area (Å²) in [6.45, 7) is 4.95. The van der Waals surface area contributed by atoms with Crippen molar-refractivity contribution in [1.82, 2.24) is 14.8 Å². The number of ether oxygens (including phenoxy) is 1. The third-order valence-corrected chi connectivity index (χ3v) is 1.40. The zero-order valence-corrected chi connectivity index (χ0v) is 7.61. The molecule has 0 fully saturated rings. The number of nitrogens with two attached hydrogens (primary N) is 1. The SMILES string of the molecule is COc1nc(N)n(CC(C)C)n1. The van der Waals surface area contributed by atoms with Crippen molar-refractivity contribution in [3.05, 3.63) is 0 Å². The van der Waals surface area contributed by atoms with Crippen molar-refractivity contribution < 1.29 is 4.74 Å². The van der Waals surface area contributed by atoms with Gasteiger partial charge < -0.3 is 10.5 Å². The van der Waals surface area contributed by atoms with Crippen LogP contribution in [-0.4, -0.2) is 21.9 Å². The fourth-order valence-electron chi connectivity index (χ4n) is 0.899. The summed E-state index contributed by atoms with van der Waals surface area (Å²) in [7, 11) is 1.52. The second-order valence-electron chi connectivity index (χ2n) is 3.03. The number of hydrogen-bond acceptors (Lipinski definition) is 4. The molecule has 0 saturated heterocycles. The normalized spacial score (nSPS) is 10.7. The molecule has 0 saturated carbocycles. The topological polar surface area (TPSA) is 66.0 Å². The van der Waals surface area contributed by atoms with Gasteiger partial charge in [0.25, 0.3) is 0 Å². The third-order valence-electron chi connectivity index (χ3n) is 1.40. The van der Waals surface area contributed by atoms with Crippen molar-refractivity contribution in [2.75, 3.05) is 12.8 Å². The van der Waals surface area contributed by atoms with Gasteiger partial charge in [-0.1, -0.05) is 13.8 Å². The minimum absolute atomic E-state index is 0.327. The van der Waals surface area contributed by atoms with Crippen molar-refractivity contribution in [3.63, 3.8) is 0 Å². The molecule has 0 unspecified atom stereocenters. The summed E-state index contributed by atoms with van der Waals surface area (Å²) in [4.78, 5) is 3.89. The van der Waals surface area contributed by atoms with E-state index in [0.717, 1.165) is 6.54 Å². The summed E-state index contributed by atoms with van der Waals surface area (Å²) in [6.07, 6.45) is 0. The van der Waals surface area contributed by atoms with E-state index in [1.54, 1.807) is 4.68 Å². The Morgan fingerprint density at radius 3 is 2.67 bits per heavy atom. The number of rotatable bonds is 3. The van der Waals surface area contributed by atoms with Crippen LogP contribution in [0.25, 0.3) is 0 Å². The first kappa shape index (κ1) is 8.83. The largest absolute Gasteiger partial charge is 0.466 e. The van der Waals surface area contributed by atoms with Gasteiger partial charge in [-0.15, -0.1) is 5.10 Å². The summed E-state index contributed by atoms with van der Waals surface area (Å²) in [6, 6.07) is 0.327. The summed E-state index contributed by atoms with van der Waals surface area (Å²) < 4.78 is 6.48. The second-order valence-corrected chi connectivity index (χ2v) is 3.03. The quantitative estimate of drug-likeness (QED) is 0.718. The molecule has 0 spiro atoms. The molecule has 0 aromatic carbocycles. The molecule has 0 atom stereocenters. The molecule has 0 aliphatic heterocycles. The maximum atomic E-state index is 5.57. The van der Waals surface area contributed by atoms with Crippen molar-refractivity contribution in [2.45, 2.75) is 20.4 Å². The Balaban J connectivity index is 2.77. The van der Waals surface area contributed by atoms with Crippen LogP contribution in [0.2, 0.25) is 0 Å². The molecular formula is C7H14N4O. The highest BCUT2D eigenvalue weighted by atomic mass is 16.5. The van der Waals surface area contributed by atoms with Crippen molar-refractivity contribution in [3.8, 4) is 6.01 Å². The Kier molecular flexibility index (Phi) is 2.52. The fraction of sp³-hybridized carbons (Fsp3) is 0.714. The molecule has 1 heterocycles. The molecule has 12 heavy (non-hydrogen) atoms. The Morgan fingerprint density at radius 1 is 1.58 bits per heavy atom. The van der Waals surface area contributed by atoms with Gasteiger partial charge in [-0.3, -0.25) is 0 Å². The molecule has 1 aromatic heterocycles. The Hall–Kier alpha value is -1.26. The van der Waals surface area contributed by atoms with Crippen LogP contribution in [0.1, 0.15) is 13.8 Å². The van der Waals surface area contributed by atoms with Crippen LogP contribution in [0.5, 0.6) is 6.01 Å². The van der Waals surface area contributed by atoms with E-state index in [1.165, 1.54) is 7.11 Å². The Bertz CT molecular complexity index is 256. The van der Waals surface area contributed by atoms with Crippen LogP contribution < -0.4 is 10.5 Å². The first-order chi connectivity index (χ1) is 5.63. The number of anilines is 1. The highest BCUT2D eigenvalue weighted by molar-refractivity contribution is 5.18. The van der Waals surface area contributed by atoms with E-state index in [-0.39, 0.29) is 0 Å². The van der Waals surface area contributed by atoms with E-state index in [9.17, 15) is 0 Å². The lowest BCUT2D eigenvalue weighted by Crippen LogP contribution is -2.09. The lowest BCUT2D eigenvalue weighted by Gasteiger charge is -2.03. The van der Waals surface area contributed by atoms with Crippen LogP contribution >= 0.6 is 0 Å². The fourth-order valence-corrected chi connectivity index (χ4v) is 0.899. The molecule has 68 valence electrons. The molecular weight excluding hydrogens is 156 g/mol. The van der Waals surface area contributed by atoms with E-state index in [4.69, 9.17) is 10.5 Å². The van der Waals surface area contributed by atoms with Crippen LogP contribution in [0, 0.1) is 5.92 Å². The first-order valence-electron chi connectivity index (χ1n) is 3.87. The van der Waals surface area contributed by atoms with E-state index in [1.807, 2.05) is 0 Å². The average molecular weight is 170 g/mol. The van der Waals surface area contributed by atoms with Gasteiger partial charge >= 0.3 is 6.01 Å². The Morgan fingerprint density at radius 2 is 2.25 bits per heavy atom. The van der Waals surface area contributed by atoms with Crippen LogP contribution in [0.3, 0.4) is 0 Å². The molecule has 2 N–H and O–H groups in total. The highest BCUT2D eigenvalue weighted by Crippen LogP contribution is 2.08. The van der Waals surface area contributed by atoms with E-state index in [0.29, 0.717) is 17.9 Å². The second kappa shape index (κ2) is 3.42. The van der Waals surface area contributed by atoms with Gasteiger partial charge in [-0.05, 0) is 5.92 Å². The lowest BCUT2D eigenvalue weighted by molar-refractivity contribution is 0.371. The maximum absolute atomic E-state index is 5.57. The van der Waals surface area contributed by atoms with Crippen molar-refractivity contribution >= 4 is 5.95 Å². The highest BCUT2D eigenvalue weighted by Gasteiger charge is 2.07. The van der Waals surface area contributed by atoms with E-state index >= 15 is 0 Å². The van der Waals surface area contributed by atoms with Gasteiger partial charge in [0, 0.05) is 6.54 Å². The zero-order valence-electron chi connectivity index (χ0n) is 7.61. The average Bonchev–Trinajstić information content (AvgIpc) is 2.31. The van der Waals surface area contributed by atoms with Crippen LogP contribution in [0.4, 0.5) is 5.95 Å². The molecule has 0 bridgehead atoms. The van der Waals surface area contributed by atoms with Crippen molar-refractivity contribution in [2.24, 2.45) is 5.92 Å². The van der Waals surface area contributed by atoms with Gasteiger partial charge in [-0.25, -0.2) is 4.68 Å². The van der Waals surface area contributed by atoms with Gasteiger partial charge in [0.15, 0.2) is 0 Å². The minimum atomic E-state index is 0.327. The number of nitrogens with zero attached hydrogens (tertiary/aromatic N) is 3. The molecule has 0 amide bonds. The van der Waals surface area contributed by atoms with E-state index in [2.05, 4.69) is 23.9 Å². The van der Waals surface area contributed by atoms with Crippen LogP contribution in [-0.2, 0) is 6.54 Å². The van der Waals surface area contributed by atoms with Gasteiger partial charge in [0.1, 0.15) is 0 Å². The molecule has 5 heteroatoms.